The van der Waals surface area contributed by atoms with E-state index in [1.54, 1.807) is 6.07 Å². The predicted octanol–water partition coefficient (Wildman–Crippen LogP) is 2.05. The summed E-state index contributed by atoms with van der Waals surface area (Å²) in [6.07, 6.45) is 3.18. The first kappa shape index (κ1) is 14.3. The molecule has 2 aliphatic carbocycles. The van der Waals surface area contributed by atoms with Crippen LogP contribution in [0.5, 0.6) is 11.5 Å². The molecule has 5 rings (SSSR count). The highest BCUT2D eigenvalue weighted by atomic mass is 35.5. The van der Waals surface area contributed by atoms with Gasteiger partial charge in [-0.15, -0.1) is 12.4 Å². The molecule has 1 spiro atoms. The molecule has 1 saturated heterocycles. The van der Waals surface area contributed by atoms with Crippen molar-refractivity contribution in [3.05, 3.63) is 23.3 Å². The maximum Gasteiger partial charge on any atom is 0.174 e. The van der Waals surface area contributed by atoms with Crippen molar-refractivity contribution in [1.82, 2.24) is 4.90 Å². The highest BCUT2D eigenvalue weighted by Crippen LogP contribution is 2.62. The molecule has 1 unspecified atom stereocenters. The van der Waals surface area contributed by atoms with E-state index >= 15 is 0 Å². The van der Waals surface area contributed by atoms with Crippen LogP contribution in [-0.2, 0) is 16.6 Å². The van der Waals surface area contributed by atoms with Gasteiger partial charge < -0.3 is 14.7 Å². The lowest BCUT2D eigenvalue weighted by molar-refractivity contribution is -0.138. The zero-order valence-electron chi connectivity index (χ0n) is 12.5. The lowest BCUT2D eigenvalue weighted by Crippen LogP contribution is -2.65. The molecule has 0 amide bonds. The average Bonchev–Trinajstić information content (AvgIpc) is 2.83. The summed E-state index contributed by atoms with van der Waals surface area (Å²) in [5, 5.41) is 10.2. The van der Waals surface area contributed by atoms with Crippen LogP contribution >= 0.6 is 12.4 Å². The first-order chi connectivity index (χ1) is 10.1. The number of halogens is 1. The topological polar surface area (TPSA) is 49.8 Å². The molecule has 2 fully saturated rings. The Morgan fingerprint density at radius 1 is 1.41 bits per heavy atom. The third kappa shape index (κ3) is 1.41. The fourth-order valence-electron chi connectivity index (χ4n) is 5.52. The maximum atomic E-state index is 12.5. The van der Waals surface area contributed by atoms with Crippen molar-refractivity contribution in [2.75, 3.05) is 13.6 Å². The fourth-order valence-corrected chi connectivity index (χ4v) is 5.52. The first-order valence-corrected chi connectivity index (χ1v) is 7.88. The molecule has 2 bridgehead atoms. The molecule has 118 valence electrons. The van der Waals surface area contributed by atoms with E-state index in [9.17, 15) is 9.90 Å². The van der Waals surface area contributed by atoms with E-state index in [0.717, 1.165) is 31.4 Å². The highest BCUT2D eigenvalue weighted by molar-refractivity contribution is 5.89. The minimum Gasteiger partial charge on any atom is -0.504 e. The molecular weight excluding hydrogens is 302 g/mol. The van der Waals surface area contributed by atoms with E-state index in [1.165, 1.54) is 5.56 Å². The number of piperidine rings is 1. The Morgan fingerprint density at radius 2 is 2.23 bits per heavy atom. The molecular formula is C17H20ClNO3. The number of Topliss-reactive ketones (excluding diaryl/α,β-unsaturated/α-hetero) is 1. The molecule has 2 heterocycles. The fraction of sp³-hybridized carbons (Fsp3) is 0.588. The third-order valence-corrected chi connectivity index (χ3v) is 6.39. The molecule has 0 aromatic heterocycles. The monoisotopic (exact) mass is 321 g/mol. The van der Waals surface area contributed by atoms with Gasteiger partial charge >= 0.3 is 0 Å². The van der Waals surface area contributed by atoms with E-state index in [1.807, 2.05) is 6.07 Å². The second kappa shape index (κ2) is 4.39. The standard InChI is InChI=1S/C17H19NO3.ClH/c1-18-7-6-17-10-3-5-13(20)16(17)21-15-12(19)4-2-9(14(15)17)8-11(10)18;/h2,4,10-11,16,19H,3,5-8H2,1H3;1H/t10?,11-,16+,17+;/m1./s1. The number of likely N-dealkylation sites (N-methyl/N-ethyl adjacent to an activating group) is 1. The third-order valence-electron chi connectivity index (χ3n) is 6.39. The Hall–Kier alpha value is -1.26. The van der Waals surface area contributed by atoms with Crippen LogP contribution in [0, 0.1) is 5.92 Å². The number of hydrogen-bond acceptors (Lipinski definition) is 4. The maximum absolute atomic E-state index is 12.5. The number of carbonyl (C=O) groups excluding carboxylic acids is 1. The molecule has 4 atom stereocenters. The quantitative estimate of drug-likeness (QED) is 0.794. The van der Waals surface area contributed by atoms with Gasteiger partial charge in [-0.05, 0) is 50.4 Å². The summed E-state index contributed by atoms with van der Waals surface area (Å²) in [6, 6.07) is 4.26. The van der Waals surface area contributed by atoms with Crippen LogP contribution in [0.3, 0.4) is 0 Å². The summed E-state index contributed by atoms with van der Waals surface area (Å²) in [4.78, 5) is 14.9. The predicted molar refractivity (Wildman–Crippen MR) is 83.9 cm³/mol. The Morgan fingerprint density at radius 3 is 3.05 bits per heavy atom. The van der Waals surface area contributed by atoms with E-state index in [4.69, 9.17) is 4.74 Å². The van der Waals surface area contributed by atoms with E-state index in [-0.39, 0.29) is 35.5 Å². The van der Waals surface area contributed by atoms with Crippen LogP contribution in [0.15, 0.2) is 12.1 Å². The van der Waals surface area contributed by atoms with Crippen LogP contribution in [0.25, 0.3) is 0 Å². The molecule has 4 nitrogen and oxygen atoms in total. The van der Waals surface area contributed by atoms with Gasteiger partial charge in [0.25, 0.3) is 0 Å². The summed E-state index contributed by atoms with van der Waals surface area (Å²) in [5.41, 5.74) is 2.26. The van der Waals surface area contributed by atoms with Crippen LogP contribution in [0.4, 0.5) is 0 Å². The Labute approximate surface area is 135 Å². The molecule has 5 heteroatoms. The first-order valence-electron chi connectivity index (χ1n) is 7.88. The van der Waals surface area contributed by atoms with Gasteiger partial charge in [0, 0.05) is 23.4 Å². The summed E-state index contributed by atoms with van der Waals surface area (Å²) in [6.45, 7) is 1.00. The largest absolute Gasteiger partial charge is 0.504 e. The summed E-state index contributed by atoms with van der Waals surface area (Å²) in [7, 11) is 2.20. The SMILES string of the molecule is CN1CC[C@]23c4c5ccc(O)c4O[C@H]2C(=O)CCC3[C@H]1C5.Cl. The number of ketones is 1. The number of carbonyl (C=O) groups is 1. The molecule has 1 aromatic rings. The van der Waals surface area contributed by atoms with Crippen LogP contribution in [0.1, 0.15) is 30.4 Å². The molecule has 22 heavy (non-hydrogen) atoms. The van der Waals surface area contributed by atoms with Crippen LogP contribution in [-0.4, -0.2) is 41.5 Å². The molecule has 0 radical (unpaired) electrons. The van der Waals surface area contributed by atoms with Gasteiger partial charge in [-0.1, -0.05) is 6.07 Å². The lowest BCUT2D eigenvalue weighted by Gasteiger charge is -2.57. The van der Waals surface area contributed by atoms with Gasteiger partial charge in [-0.2, -0.15) is 0 Å². The molecule has 1 N–H and O–H groups in total. The number of likely N-dealkylation sites (tertiary alicyclic amines) is 1. The van der Waals surface area contributed by atoms with E-state index in [0.29, 0.717) is 24.1 Å². The van der Waals surface area contributed by atoms with Crippen molar-refractivity contribution in [2.45, 2.75) is 43.2 Å². The highest BCUT2D eigenvalue weighted by Gasteiger charge is 2.65. The number of aromatic hydroxyl groups is 1. The van der Waals surface area contributed by atoms with E-state index < -0.39 is 0 Å². The Bertz CT molecular complexity index is 676. The second-order valence-corrected chi connectivity index (χ2v) is 7.10. The number of phenolic OH excluding ortho intramolecular Hbond substituents is 1. The molecule has 1 aromatic carbocycles. The molecule has 2 aliphatic heterocycles. The minimum absolute atomic E-state index is 0. The lowest BCUT2D eigenvalue weighted by atomic mass is 9.52. The Balaban J connectivity index is 0.00000125. The number of phenols is 1. The van der Waals surface area contributed by atoms with Gasteiger partial charge in [-0.25, -0.2) is 0 Å². The normalized spacial score (nSPS) is 38.0. The van der Waals surface area contributed by atoms with Gasteiger partial charge in [0.1, 0.15) is 0 Å². The van der Waals surface area contributed by atoms with Gasteiger partial charge in [0.05, 0.1) is 0 Å². The number of ether oxygens (including phenoxy) is 1. The van der Waals surface area contributed by atoms with Crippen molar-refractivity contribution in [2.24, 2.45) is 5.92 Å². The average molecular weight is 322 g/mol. The van der Waals surface area contributed by atoms with Crippen molar-refractivity contribution in [3.8, 4) is 11.5 Å². The van der Waals surface area contributed by atoms with Crippen LogP contribution < -0.4 is 4.74 Å². The smallest absolute Gasteiger partial charge is 0.174 e. The zero-order chi connectivity index (χ0) is 14.4. The summed E-state index contributed by atoms with van der Waals surface area (Å²) >= 11 is 0. The van der Waals surface area contributed by atoms with Crippen molar-refractivity contribution in [1.29, 1.82) is 0 Å². The second-order valence-electron chi connectivity index (χ2n) is 7.10. The number of nitrogens with zero attached hydrogens (tertiary/aromatic N) is 1. The number of rotatable bonds is 0. The van der Waals surface area contributed by atoms with E-state index in [2.05, 4.69) is 11.9 Å². The summed E-state index contributed by atoms with van der Waals surface area (Å²) in [5.74, 6) is 1.50. The van der Waals surface area contributed by atoms with Crippen molar-refractivity contribution in [3.63, 3.8) is 0 Å². The van der Waals surface area contributed by atoms with Gasteiger partial charge in [0.15, 0.2) is 23.4 Å². The number of hydrogen-bond donors (Lipinski definition) is 1. The van der Waals surface area contributed by atoms with Gasteiger partial charge in [-0.3, -0.25) is 4.79 Å². The molecule has 4 aliphatic rings. The van der Waals surface area contributed by atoms with Crippen molar-refractivity contribution < 1.29 is 14.6 Å². The summed E-state index contributed by atoms with van der Waals surface area (Å²) < 4.78 is 6.04. The Kier molecular flexibility index (Phi) is 2.86. The molecule has 1 saturated carbocycles. The minimum atomic E-state index is -0.366. The number of benzene rings is 1. The van der Waals surface area contributed by atoms with Crippen molar-refractivity contribution >= 4 is 18.2 Å². The van der Waals surface area contributed by atoms with Crippen LogP contribution in [0.2, 0.25) is 0 Å². The zero-order valence-corrected chi connectivity index (χ0v) is 13.4. The van der Waals surface area contributed by atoms with Gasteiger partial charge in [0.2, 0.25) is 0 Å².